The first-order chi connectivity index (χ1) is 15.5. The SMILES string of the molecule is Cc1nn(C[C@H]2CC[C@@H](COCC(=O)O)CC2)c(-c2ccccc2)c1-c1cccc(Cl)c1. The van der Waals surface area contributed by atoms with E-state index in [1.807, 2.05) is 24.3 Å². The van der Waals surface area contributed by atoms with Crippen molar-refractivity contribution in [2.45, 2.75) is 39.2 Å². The number of ether oxygens (including phenoxy) is 1. The van der Waals surface area contributed by atoms with E-state index in [4.69, 9.17) is 26.5 Å². The van der Waals surface area contributed by atoms with E-state index in [1.165, 1.54) is 0 Å². The van der Waals surface area contributed by atoms with E-state index in [2.05, 4.69) is 41.9 Å². The number of aryl methyl sites for hydroxylation is 1. The molecule has 1 saturated carbocycles. The largest absolute Gasteiger partial charge is 0.480 e. The Morgan fingerprint density at radius 2 is 1.75 bits per heavy atom. The van der Waals surface area contributed by atoms with Gasteiger partial charge in [0.2, 0.25) is 0 Å². The zero-order valence-electron chi connectivity index (χ0n) is 18.3. The van der Waals surface area contributed by atoms with Crippen molar-refractivity contribution < 1.29 is 14.6 Å². The molecule has 4 rings (SSSR count). The zero-order chi connectivity index (χ0) is 22.5. The van der Waals surface area contributed by atoms with Crippen molar-refractivity contribution >= 4 is 17.6 Å². The number of carboxylic acid groups (broad SMARTS) is 1. The lowest BCUT2D eigenvalue weighted by Gasteiger charge is -2.28. The minimum absolute atomic E-state index is 0.209. The number of carbonyl (C=O) groups is 1. The second-order valence-electron chi connectivity index (χ2n) is 8.66. The Balaban J connectivity index is 1.55. The number of carboxylic acids is 1. The summed E-state index contributed by atoms with van der Waals surface area (Å²) in [6, 6.07) is 18.4. The highest BCUT2D eigenvalue weighted by Crippen LogP contribution is 2.38. The molecule has 3 aromatic rings. The summed E-state index contributed by atoms with van der Waals surface area (Å²) in [6.45, 7) is 3.26. The number of rotatable bonds is 8. The molecule has 1 N–H and O–H groups in total. The summed E-state index contributed by atoms with van der Waals surface area (Å²) in [6.07, 6.45) is 4.32. The predicted molar refractivity (Wildman–Crippen MR) is 127 cm³/mol. The minimum Gasteiger partial charge on any atom is -0.480 e. The highest BCUT2D eigenvalue weighted by Gasteiger charge is 2.25. The summed E-state index contributed by atoms with van der Waals surface area (Å²) < 4.78 is 7.49. The Hall–Kier alpha value is -2.63. The van der Waals surface area contributed by atoms with E-state index in [0.29, 0.717) is 18.4 Å². The van der Waals surface area contributed by atoms with Gasteiger partial charge in [-0.3, -0.25) is 4.68 Å². The summed E-state index contributed by atoms with van der Waals surface area (Å²) in [4.78, 5) is 10.7. The van der Waals surface area contributed by atoms with E-state index in [-0.39, 0.29) is 6.61 Å². The molecule has 0 radical (unpaired) electrons. The van der Waals surface area contributed by atoms with Gasteiger partial charge in [-0.1, -0.05) is 54.1 Å². The number of aromatic nitrogens is 2. The topological polar surface area (TPSA) is 64.4 Å². The quantitative estimate of drug-likeness (QED) is 0.449. The van der Waals surface area contributed by atoms with E-state index >= 15 is 0 Å². The van der Waals surface area contributed by atoms with Gasteiger partial charge in [0.1, 0.15) is 6.61 Å². The van der Waals surface area contributed by atoms with Crippen molar-refractivity contribution in [1.29, 1.82) is 0 Å². The maximum atomic E-state index is 10.7. The molecule has 0 spiro atoms. The number of benzene rings is 2. The Bertz CT molecular complexity index is 1060. The van der Waals surface area contributed by atoms with Crippen LogP contribution in [0.4, 0.5) is 0 Å². The molecule has 0 aliphatic heterocycles. The van der Waals surface area contributed by atoms with Crippen LogP contribution in [-0.4, -0.2) is 34.1 Å². The van der Waals surface area contributed by atoms with Crippen LogP contribution in [-0.2, 0) is 16.1 Å². The maximum absolute atomic E-state index is 10.7. The number of hydrogen-bond donors (Lipinski definition) is 1. The van der Waals surface area contributed by atoms with Gasteiger partial charge in [-0.15, -0.1) is 0 Å². The lowest BCUT2D eigenvalue weighted by molar-refractivity contribution is -0.142. The van der Waals surface area contributed by atoms with Crippen LogP contribution in [0, 0.1) is 18.8 Å². The molecular weight excluding hydrogens is 424 g/mol. The number of halogens is 1. The third-order valence-corrected chi connectivity index (χ3v) is 6.50. The molecule has 0 unspecified atom stereocenters. The Morgan fingerprint density at radius 1 is 1.06 bits per heavy atom. The van der Waals surface area contributed by atoms with Crippen LogP contribution in [0.3, 0.4) is 0 Å². The van der Waals surface area contributed by atoms with Crippen LogP contribution < -0.4 is 0 Å². The fourth-order valence-corrected chi connectivity index (χ4v) is 4.92. The van der Waals surface area contributed by atoms with Gasteiger partial charge in [-0.25, -0.2) is 4.79 Å². The van der Waals surface area contributed by atoms with Crippen LogP contribution in [0.25, 0.3) is 22.4 Å². The summed E-state index contributed by atoms with van der Waals surface area (Å²) >= 11 is 6.30. The van der Waals surface area contributed by atoms with E-state index < -0.39 is 5.97 Å². The lowest BCUT2D eigenvalue weighted by atomic mass is 9.82. The fraction of sp³-hybridized carbons (Fsp3) is 0.385. The summed E-state index contributed by atoms with van der Waals surface area (Å²) in [5, 5.41) is 14.4. The fourth-order valence-electron chi connectivity index (χ4n) is 4.73. The maximum Gasteiger partial charge on any atom is 0.329 e. The monoisotopic (exact) mass is 452 g/mol. The highest BCUT2D eigenvalue weighted by molar-refractivity contribution is 6.30. The van der Waals surface area contributed by atoms with Gasteiger partial charge in [0.15, 0.2) is 0 Å². The average molecular weight is 453 g/mol. The molecule has 1 aliphatic rings. The molecule has 1 fully saturated rings. The van der Waals surface area contributed by atoms with Crippen molar-refractivity contribution in [3.05, 3.63) is 65.3 Å². The Labute approximate surface area is 194 Å². The second-order valence-corrected chi connectivity index (χ2v) is 9.10. The molecule has 5 nitrogen and oxygen atoms in total. The van der Waals surface area contributed by atoms with Gasteiger partial charge in [-0.2, -0.15) is 5.10 Å². The normalized spacial score (nSPS) is 18.6. The second kappa shape index (κ2) is 10.3. The van der Waals surface area contributed by atoms with Gasteiger partial charge < -0.3 is 9.84 Å². The van der Waals surface area contributed by atoms with Crippen molar-refractivity contribution in [2.75, 3.05) is 13.2 Å². The molecule has 168 valence electrons. The third-order valence-electron chi connectivity index (χ3n) is 6.26. The van der Waals surface area contributed by atoms with Crippen molar-refractivity contribution in [1.82, 2.24) is 9.78 Å². The van der Waals surface area contributed by atoms with Crippen molar-refractivity contribution in [3.63, 3.8) is 0 Å². The molecule has 2 aromatic carbocycles. The van der Waals surface area contributed by atoms with Gasteiger partial charge >= 0.3 is 5.97 Å². The molecule has 0 atom stereocenters. The summed E-state index contributed by atoms with van der Waals surface area (Å²) in [7, 11) is 0. The molecule has 1 heterocycles. The van der Waals surface area contributed by atoms with Crippen LogP contribution in [0.15, 0.2) is 54.6 Å². The van der Waals surface area contributed by atoms with Crippen molar-refractivity contribution in [3.8, 4) is 22.4 Å². The van der Waals surface area contributed by atoms with E-state index in [9.17, 15) is 4.79 Å². The van der Waals surface area contributed by atoms with Crippen LogP contribution in [0.1, 0.15) is 31.4 Å². The first-order valence-electron chi connectivity index (χ1n) is 11.2. The predicted octanol–water partition coefficient (Wildman–Crippen LogP) is 6.09. The molecule has 6 heteroatoms. The smallest absolute Gasteiger partial charge is 0.329 e. The third kappa shape index (κ3) is 5.40. The summed E-state index contributed by atoms with van der Waals surface area (Å²) in [5.74, 6) is 0.0805. The molecule has 1 aromatic heterocycles. The van der Waals surface area contributed by atoms with Gasteiger partial charge in [-0.05, 0) is 62.1 Å². The highest BCUT2D eigenvalue weighted by atomic mass is 35.5. The Morgan fingerprint density at radius 3 is 2.44 bits per heavy atom. The molecule has 1 aliphatic carbocycles. The van der Waals surface area contributed by atoms with E-state index in [1.54, 1.807) is 0 Å². The van der Waals surface area contributed by atoms with E-state index in [0.717, 1.165) is 65.3 Å². The van der Waals surface area contributed by atoms with Gasteiger partial charge in [0.25, 0.3) is 0 Å². The zero-order valence-corrected chi connectivity index (χ0v) is 19.1. The minimum atomic E-state index is -0.906. The van der Waals surface area contributed by atoms with Gasteiger partial charge in [0.05, 0.1) is 18.0 Å². The lowest BCUT2D eigenvalue weighted by Crippen LogP contribution is -2.23. The van der Waals surface area contributed by atoms with Gasteiger partial charge in [0, 0.05) is 22.7 Å². The van der Waals surface area contributed by atoms with Crippen molar-refractivity contribution in [2.24, 2.45) is 11.8 Å². The first-order valence-corrected chi connectivity index (χ1v) is 11.6. The molecule has 0 amide bonds. The molecule has 0 saturated heterocycles. The van der Waals surface area contributed by atoms with Crippen LogP contribution in [0.2, 0.25) is 5.02 Å². The molecule has 32 heavy (non-hydrogen) atoms. The first kappa shape index (κ1) is 22.6. The van der Waals surface area contributed by atoms with Crippen LogP contribution >= 0.6 is 11.6 Å². The Kier molecular flexibility index (Phi) is 7.28. The van der Waals surface area contributed by atoms with Crippen LogP contribution in [0.5, 0.6) is 0 Å². The average Bonchev–Trinajstić information content (AvgIpc) is 3.11. The number of hydrogen-bond acceptors (Lipinski definition) is 3. The molecular formula is C26H29ClN2O3. The number of nitrogens with zero attached hydrogens (tertiary/aromatic N) is 2. The number of aliphatic carboxylic acids is 1. The standard InChI is InChI=1S/C26H29ClN2O3/c1-18-25(22-8-5-9-23(27)14-22)26(21-6-3-2-4-7-21)29(28-18)15-19-10-12-20(13-11-19)16-32-17-24(30)31/h2-9,14,19-20H,10-13,15-17H2,1H3,(H,30,31)/t19-,20+. The molecule has 0 bridgehead atoms. The summed E-state index contributed by atoms with van der Waals surface area (Å²) in [5.41, 5.74) is 5.51.